The number of carboxylic acid groups (broad SMARTS) is 4. The normalized spacial score (nSPS) is 20.7. The fourth-order valence-electron chi connectivity index (χ4n) is 12.4. The highest BCUT2D eigenvalue weighted by Crippen LogP contribution is 2.22. The molecule has 0 radical (unpaired) electrons. The average molecular weight is 1720 g/mol. The van der Waals surface area contributed by atoms with Gasteiger partial charge in [0.2, 0.25) is 82.7 Å². The van der Waals surface area contributed by atoms with Crippen molar-refractivity contribution >= 4 is 146 Å². The number of carboxylic acids is 4. The number of primary amides is 1. The van der Waals surface area contributed by atoms with Crippen molar-refractivity contribution in [1.82, 2.24) is 84.4 Å². The van der Waals surface area contributed by atoms with E-state index in [2.05, 4.69) is 75.4 Å². The van der Waals surface area contributed by atoms with Crippen LogP contribution in [0.2, 0.25) is 0 Å². The lowest BCUT2D eigenvalue weighted by Crippen LogP contribution is -2.62. The van der Waals surface area contributed by atoms with Gasteiger partial charge in [0.1, 0.15) is 77.6 Å². The summed E-state index contributed by atoms with van der Waals surface area (Å²) in [5.74, 6) is -29.7. The predicted molar refractivity (Wildman–Crippen MR) is 425 cm³/mol. The number of ketones is 1. The molecule has 5 rings (SSSR count). The maximum atomic E-state index is 14.9. The van der Waals surface area contributed by atoms with Crippen molar-refractivity contribution in [2.45, 2.75) is 216 Å². The van der Waals surface area contributed by atoms with E-state index in [1.54, 1.807) is 35.8 Å². The molecule has 0 saturated carbocycles. The van der Waals surface area contributed by atoms with Crippen molar-refractivity contribution in [3.63, 3.8) is 0 Å². The molecule has 1 aliphatic rings. The minimum Gasteiger partial charge on any atom is -0.481 e. The predicted octanol–water partition coefficient (Wildman–Crippen LogP) is -4.33. The molecule has 1 aliphatic heterocycles. The van der Waals surface area contributed by atoms with Gasteiger partial charge in [-0.2, -0.15) is 0 Å². The van der Waals surface area contributed by atoms with E-state index < -0.39 is 255 Å². The molecule has 44 nitrogen and oxygen atoms in total. The van der Waals surface area contributed by atoms with Crippen LogP contribution in [0.3, 0.4) is 0 Å². The number of ether oxygens (including phenoxy) is 1. The molecule has 4 unspecified atom stereocenters. The number of fused-ring (bicyclic) bond motifs is 1. The van der Waals surface area contributed by atoms with Crippen LogP contribution < -0.4 is 85.9 Å². The topological polar surface area (TPSA) is 701 Å². The highest BCUT2D eigenvalue weighted by molar-refractivity contribution is 7.09. The van der Waals surface area contributed by atoms with Crippen LogP contribution in [0.1, 0.15) is 151 Å². The molecule has 0 bridgehead atoms. The van der Waals surface area contributed by atoms with Crippen molar-refractivity contribution < 1.29 is 126 Å². The molecule has 2 aromatic heterocycles. The summed E-state index contributed by atoms with van der Waals surface area (Å²) < 4.78 is 5.73. The average Bonchev–Trinajstić information content (AvgIpc) is 1.73. The summed E-state index contributed by atoms with van der Waals surface area (Å²) in [5.41, 5.74) is 12.4. The smallest absolute Gasteiger partial charge is 0.329 e. The number of esters is 1. The van der Waals surface area contributed by atoms with Crippen molar-refractivity contribution in [2.24, 2.45) is 11.7 Å². The van der Waals surface area contributed by atoms with Crippen molar-refractivity contribution in [3.8, 4) is 0 Å². The molecule has 1 saturated heterocycles. The lowest BCUT2D eigenvalue weighted by molar-refractivity contribution is -0.156. The van der Waals surface area contributed by atoms with E-state index in [9.17, 15) is 121 Å². The summed E-state index contributed by atoms with van der Waals surface area (Å²) in [6, 6.07) is -10.6. The zero-order chi connectivity index (χ0) is 89.6. The van der Waals surface area contributed by atoms with E-state index in [0.29, 0.717) is 34.3 Å². The number of unbranched alkanes of at least 4 members (excludes halogenated alkanes) is 6. The molecule has 0 spiro atoms. The summed E-state index contributed by atoms with van der Waals surface area (Å²) in [6.07, 6.45) is -0.703. The van der Waals surface area contributed by atoms with Crippen molar-refractivity contribution in [2.75, 3.05) is 32.0 Å². The number of hydrogen-bond acceptors (Lipinski definition) is 26. The molecule has 3 heterocycles. The number of carbonyl (C=O) groups is 20. The second kappa shape index (κ2) is 50.0. The first kappa shape index (κ1) is 98.5. The Bertz CT molecular complexity index is 4370. The lowest BCUT2D eigenvalue weighted by atomic mass is 9.96. The Morgan fingerprint density at radius 3 is 1.78 bits per heavy atom. The van der Waals surface area contributed by atoms with Gasteiger partial charge in [0.05, 0.1) is 51.8 Å². The van der Waals surface area contributed by atoms with Gasteiger partial charge in [0.15, 0.2) is 5.78 Å². The van der Waals surface area contributed by atoms with Crippen LogP contribution in [0.5, 0.6) is 0 Å². The Balaban J connectivity index is 1.62. The van der Waals surface area contributed by atoms with E-state index in [4.69, 9.17) is 16.2 Å². The number of carbonyl (C=O) groups excluding carboxylic acids is 16. The van der Waals surface area contributed by atoms with Gasteiger partial charge in [0, 0.05) is 65.7 Å². The number of aromatic amines is 1. The molecule has 45 heteroatoms. The number of nitrogens with one attached hydrogen (secondary N) is 15. The van der Waals surface area contributed by atoms with Gasteiger partial charge in [-0.15, -0.1) is 11.3 Å². The number of rotatable bonds is 38. The second-order valence-electron chi connectivity index (χ2n) is 28.6. The summed E-state index contributed by atoms with van der Waals surface area (Å²) in [4.78, 5) is 283. The largest absolute Gasteiger partial charge is 0.481 e. The third-order valence-corrected chi connectivity index (χ3v) is 19.6. The molecular formula is C76H104N18O26S. The maximum Gasteiger partial charge on any atom is 0.329 e. The number of aromatic nitrogens is 2. The van der Waals surface area contributed by atoms with E-state index in [0.717, 1.165) is 52.9 Å². The molecule has 4 aromatic rings. The number of benzene rings is 2. The highest BCUT2D eigenvalue weighted by atomic mass is 32.1. The molecule has 660 valence electrons. The fourth-order valence-corrected chi connectivity index (χ4v) is 13.0. The van der Waals surface area contributed by atoms with Gasteiger partial charge in [0.25, 0.3) is 0 Å². The van der Waals surface area contributed by atoms with E-state index >= 15 is 0 Å². The van der Waals surface area contributed by atoms with Crippen LogP contribution in [0.4, 0.5) is 5.69 Å². The Morgan fingerprint density at radius 2 is 1.16 bits per heavy atom. The number of H-pyrrole nitrogens is 1. The zero-order valence-corrected chi connectivity index (χ0v) is 67.5. The first-order valence-electron chi connectivity index (χ1n) is 38.7. The third kappa shape index (κ3) is 34.1. The lowest BCUT2D eigenvalue weighted by Gasteiger charge is -2.30. The number of aliphatic carboxylic acids is 4. The molecule has 24 N–H and O–H groups in total. The Labute approximate surface area is 696 Å². The van der Waals surface area contributed by atoms with Crippen molar-refractivity contribution in [3.05, 3.63) is 82.4 Å². The van der Waals surface area contributed by atoms with Crippen LogP contribution in [0, 0.1) is 5.92 Å². The fraction of sp³-hybridized carbons (Fsp3) is 0.513. The van der Waals surface area contributed by atoms with E-state index in [1.807, 2.05) is 16.0 Å². The summed E-state index contributed by atoms with van der Waals surface area (Å²) >= 11 is 1.29. The Morgan fingerprint density at radius 1 is 0.587 bits per heavy atom. The number of anilines is 1. The first-order chi connectivity index (χ1) is 57.4. The number of nitrogen functional groups attached to an aromatic ring is 1. The van der Waals surface area contributed by atoms with Gasteiger partial charge < -0.3 is 121 Å². The number of thiazole rings is 1. The van der Waals surface area contributed by atoms with Crippen LogP contribution in [0.15, 0.2) is 66.3 Å². The molecule has 13 atom stereocenters. The van der Waals surface area contributed by atoms with Crippen LogP contribution >= 0.6 is 11.3 Å². The number of para-hydroxylation sites is 2. The van der Waals surface area contributed by atoms with Crippen LogP contribution in [0.25, 0.3) is 10.9 Å². The number of Topliss-reactive ketones (excluding diaryl/α,β-unsaturated/α-hetero) is 1. The molecular weight excluding hydrogens is 1610 g/mol. The van der Waals surface area contributed by atoms with Crippen molar-refractivity contribution in [1.29, 1.82) is 0 Å². The number of hydrogen-bond donors (Lipinski definition) is 22. The van der Waals surface area contributed by atoms with E-state index in [1.165, 1.54) is 41.8 Å². The number of nitrogens with zero attached hydrogens (tertiary/aromatic N) is 1. The third-order valence-electron chi connectivity index (χ3n) is 18.8. The van der Waals surface area contributed by atoms with E-state index in [-0.39, 0.29) is 50.0 Å². The standard InChI is InChI=1S/C76H104N18O26S/c1-5-6-7-8-9-10-11-22-56(98)86-47(27-41-33-81-45-20-15-13-17-42(41)45)70(113)89-48(29-55(78)97)71(114)91-51(32-63(107)108)72(115)94-65-40(4)120-76(119)52(28-54(96)43-18-12-14-19-44(43)77)92-75(118)64(38(2)26-60(101)102)93-73(116)53(37-95)87-58(100)34-82-67(110)49(30-61(103)104)88-66(109)39(3)84-69(112)50(31-62(105)106)90-68(111)46(85-57(99)35-83-74(65)117)21-16-23-79-36-59-80-24-25-121-59/h12-15,17-20,24-25,33,38-40,46-53,64-65,79,81,95H,5-11,16,21-23,26-32,34-37,77H2,1-4H3,(H2,78,97)(H,82,110)(H,83,117)(H,84,112)(H,85,99)(H,86,98)(H,87,100)(H,88,109)(H,89,113)(H,90,111)(H,91,114)(H,92,118)(H,93,116)(H,94,115)(H,101,102)(H,103,104)(H,105,106)(H,107,108)/t38-,39-,40?,46+,47+,48+,49+,50?,51+,52+,53-,64?,65?/m1/s1. The number of aliphatic hydroxyl groups is 1. The Hall–Kier alpha value is -13.1. The molecule has 0 aliphatic carbocycles. The summed E-state index contributed by atoms with van der Waals surface area (Å²) in [7, 11) is 0. The minimum atomic E-state index is -2.46. The van der Waals surface area contributed by atoms with Gasteiger partial charge in [-0.05, 0) is 69.3 Å². The zero-order valence-electron chi connectivity index (χ0n) is 66.7. The van der Waals surface area contributed by atoms with Gasteiger partial charge in [-0.25, -0.2) is 9.78 Å². The van der Waals surface area contributed by atoms with Gasteiger partial charge in [-0.3, -0.25) is 91.1 Å². The summed E-state index contributed by atoms with van der Waals surface area (Å²) in [6.45, 7) is 1.62. The second-order valence-corrected chi connectivity index (χ2v) is 29.5. The van der Waals surface area contributed by atoms with Crippen LogP contribution in [-0.4, -0.2) is 253 Å². The summed E-state index contributed by atoms with van der Waals surface area (Å²) in [5, 5.41) is 84.8. The monoisotopic (exact) mass is 1720 g/mol. The van der Waals surface area contributed by atoms with Gasteiger partial charge >= 0.3 is 29.8 Å². The maximum absolute atomic E-state index is 14.9. The molecule has 1 fully saturated rings. The first-order valence-corrected chi connectivity index (χ1v) is 39.6. The number of amides is 14. The Kier molecular flexibility index (Phi) is 40.7. The minimum absolute atomic E-state index is 0.00487. The van der Waals surface area contributed by atoms with Gasteiger partial charge in [-0.1, -0.05) is 82.7 Å². The quantitative estimate of drug-likeness (QED) is 0.00873. The molecule has 2 aromatic carbocycles. The number of nitrogens with two attached hydrogens (primary N) is 2. The SMILES string of the molecule is CCCCCCCCCC(=O)N[C@@H](Cc1c[nH]c2ccccc12)C(=O)N[C@@H](CC(N)=O)C(=O)N[C@@H](CC(=O)O)C(=O)NC1C(=O)NCC(=O)N[C@@H](CCCNCc2nccs2)C(=O)NC(CC(=O)O)C(=O)N[C@H](C)C(=O)N[C@@H](CC(=O)O)C(=O)NCC(=O)N[C@H](CO)C(=O)NC([C@H](C)CC(=O)O)C(=O)N[C@@H](CC(=O)c2ccccc2N)C(=O)OC1C. The highest BCUT2D eigenvalue weighted by Gasteiger charge is 2.41. The molecule has 121 heavy (non-hydrogen) atoms. The number of cyclic esters (lactones) is 1. The van der Waals surface area contributed by atoms with Crippen LogP contribution in [-0.2, 0) is 109 Å². The molecule has 14 amide bonds. The number of aliphatic hydroxyl groups excluding tert-OH is 1.